The Balaban J connectivity index is 1.99. The van der Waals surface area contributed by atoms with Gasteiger partial charge in [0.2, 0.25) is 0 Å². The molecular formula is C18H18FNO2. The summed E-state index contributed by atoms with van der Waals surface area (Å²) in [5.41, 5.74) is 1.62. The van der Waals surface area contributed by atoms with Crippen molar-refractivity contribution in [2.45, 2.75) is 26.5 Å². The zero-order valence-corrected chi connectivity index (χ0v) is 12.6. The number of phenols is 1. The maximum Gasteiger partial charge on any atom is 0.161 e. The van der Waals surface area contributed by atoms with E-state index in [2.05, 4.69) is 13.8 Å². The Morgan fingerprint density at radius 2 is 1.91 bits per heavy atom. The first-order valence-corrected chi connectivity index (χ1v) is 7.26. The van der Waals surface area contributed by atoms with Crippen LogP contribution in [0.4, 0.5) is 4.39 Å². The minimum atomic E-state index is -0.257. The van der Waals surface area contributed by atoms with E-state index < -0.39 is 0 Å². The summed E-state index contributed by atoms with van der Waals surface area (Å²) in [5.74, 6) is 0.215. The molecule has 0 saturated carbocycles. The average Bonchev–Trinajstić information content (AvgIpc) is 2.87. The number of hydrogen-bond acceptors (Lipinski definition) is 2. The average molecular weight is 299 g/mol. The van der Waals surface area contributed by atoms with E-state index in [1.807, 2.05) is 16.8 Å². The Morgan fingerprint density at radius 3 is 2.64 bits per heavy atom. The number of halogens is 1. The number of phenolic OH excluding ortho intramolecular Hbond substituents is 1. The number of nitrogens with zero attached hydrogens (tertiary/aromatic N) is 1. The van der Waals surface area contributed by atoms with Crippen molar-refractivity contribution in [3.05, 3.63) is 60.0 Å². The molecule has 22 heavy (non-hydrogen) atoms. The number of aromatic nitrogens is 1. The minimum Gasteiger partial charge on any atom is -0.504 e. The molecule has 0 saturated heterocycles. The molecule has 3 rings (SSSR count). The van der Waals surface area contributed by atoms with Gasteiger partial charge in [0.05, 0.1) is 5.52 Å². The van der Waals surface area contributed by atoms with Gasteiger partial charge in [-0.15, -0.1) is 0 Å². The largest absolute Gasteiger partial charge is 0.504 e. The molecule has 0 unspecified atom stereocenters. The van der Waals surface area contributed by atoms with Crippen LogP contribution in [0.2, 0.25) is 0 Å². The lowest BCUT2D eigenvalue weighted by atomic mass is 10.2. The molecule has 0 radical (unpaired) electrons. The zero-order valence-electron chi connectivity index (χ0n) is 12.6. The van der Waals surface area contributed by atoms with Crippen molar-refractivity contribution in [2.75, 3.05) is 0 Å². The van der Waals surface area contributed by atoms with Crippen molar-refractivity contribution in [2.24, 2.45) is 0 Å². The molecule has 4 heteroatoms. The van der Waals surface area contributed by atoms with Gasteiger partial charge in [-0.3, -0.25) is 0 Å². The van der Waals surface area contributed by atoms with Crippen molar-refractivity contribution in [1.29, 1.82) is 0 Å². The second kappa shape index (κ2) is 5.72. The molecule has 0 atom stereocenters. The van der Waals surface area contributed by atoms with Gasteiger partial charge in [0.25, 0.3) is 0 Å². The number of hydrogen-bond donors (Lipinski definition) is 1. The number of ether oxygens (including phenoxy) is 1. The molecule has 1 N–H and O–H groups in total. The molecule has 0 bridgehead atoms. The molecule has 3 aromatic rings. The van der Waals surface area contributed by atoms with E-state index >= 15 is 0 Å². The van der Waals surface area contributed by atoms with Crippen LogP contribution in [-0.2, 0) is 6.61 Å². The lowest BCUT2D eigenvalue weighted by molar-refractivity contribution is 0.289. The molecular weight excluding hydrogens is 281 g/mol. The Bertz CT molecular complexity index is 808. The number of para-hydroxylation sites is 2. The fourth-order valence-electron chi connectivity index (χ4n) is 2.62. The maximum absolute atomic E-state index is 14.2. The van der Waals surface area contributed by atoms with Crippen LogP contribution in [0.15, 0.2) is 48.7 Å². The molecule has 0 spiro atoms. The van der Waals surface area contributed by atoms with Crippen LogP contribution in [0.25, 0.3) is 10.9 Å². The van der Waals surface area contributed by atoms with E-state index in [1.165, 1.54) is 6.07 Å². The molecule has 0 aliphatic carbocycles. The van der Waals surface area contributed by atoms with Crippen LogP contribution >= 0.6 is 0 Å². The van der Waals surface area contributed by atoms with E-state index in [0.29, 0.717) is 11.1 Å². The fourth-order valence-corrected chi connectivity index (χ4v) is 2.62. The van der Waals surface area contributed by atoms with Crippen LogP contribution in [-0.4, -0.2) is 9.67 Å². The lowest BCUT2D eigenvalue weighted by Gasteiger charge is -2.08. The molecule has 0 aliphatic heterocycles. The molecule has 1 heterocycles. The van der Waals surface area contributed by atoms with Crippen molar-refractivity contribution in [1.82, 2.24) is 4.57 Å². The Hall–Kier alpha value is -2.49. The molecule has 0 aliphatic rings. The van der Waals surface area contributed by atoms with E-state index in [9.17, 15) is 9.50 Å². The highest BCUT2D eigenvalue weighted by Gasteiger charge is 2.15. The standard InChI is InChI=1S/C18H18FNO2/c1-12(2)20-10-13(18-14(19)6-5-7-15(18)20)11-22-17-9-4-3-8-16(17)21/h3-10,12,21H,11H2,1-2H3. The Morgan fingerprint density at radius 1 is 1.14 bits per heavy atom. The summed E-state index contributed by atoms with van der Waals surface area (Å²) in [6, 6.07) is 12.1. The number of aromatic hydroxyl groups is 1. The van der Waals surface area contributed by atoms with Crippen LogP contribution in [0, 0.1) is 5.82 Å². The topological polar surface area (TPSA) is 34.4 Å². The predicted molar refractivity (Wildman–Crippen MR) is 84.7 cm³/mol. The van der Waals surface area contributed by atoms with Gasteiger partial charge >= 0.3 is 0 Å². The summed E-state index contributed by atoms with van der Waals surface area (Å²) in [5, 5.41) is 10.3. The summed E-state index contributed by atoms with van der Waals surface area (Å²) in [7, 11) is 0. The molecule has 2 aromatic carbocycles. The first-order chi connectivity index (χ1) is 10.6. The third kappa shape index (κ3) is 2.52. The van der Waals surface area contributed by atoms with Gasteiger partial charge in [-0.25, -0.2) is 4.39 Å². The molecule has 0 fully saturated rings. The third-order valence-corrected chi connectivity index (χ3v) is 3.69. The van der Waals surface area contributed by atoms with Gasteiger partial charge in [-0.1, -0.05) is 18.2 Å². The van der Waals surface area contributed by atoms with Crippen molar-refractivity contribution >= 4 is 10.9 Å². The third-order valence-electron chi connectivity index (χ3n) is 3.69. The lowest BCUT2D eigenvalue weighted by Crippen LogP contribution is -1.98. The summed E-state index contributed by atoms with van der Waals surface area (Å²) in [6.45, 7) is 4.31. The molecule has 0 amide bonds. The summed E-state index contributed by atoms with van der Waals surface area (Å²) >= 11 is 0. The van der Waals surface area contributed by atoms with Crippen LogP contribution in [0.5, 0.6) is 11.5 Å². The highest BCUT2D eigenvalue weighted by atomic mass is 19.1. The summed E-state index contributed by atoms with van der Waals surface area (Å²) in [6.07, 6.45) is 1.92. The van der Waals surface area contributed by atoms with Gasteiger partial charge in [0.1, 0.15) is 12.4 Å². The fraction of sp³-hybridized carbons (Fsp3) is 0.222. The summed E-state index contributed by atoms with van der Waals surface area (Å²) in [4.78, 5) is 0. The van der Waals surface area contributed by atoms with E-state index in [-0.39, 0.29) is 24.2 Å². The second-order valence-electron chi connectivity index (χ2n) is 5.55. The van der Waals surface area contributed by atoms with Gasteiger partial charge in [-0.2, -0.15) is 0 Å². The van der Waals surface area contributed by atoms with Crippen LogP contribution in [0.3, 0.4) is 0 Å². The Kier molecular flexibility index (Phi) is 3.75. The molecule has 1 aromatic heterocycles. The number of fused-ring (bicyclic) bond motifs is 1. The van der Waals surface area contributed by atoms with Crippen molar-refractivity contribution < 1.29 is 14.2 Å². The van der Waals surface area contributed by atoms with E-state index in [0.717, 1.165) is 11.1 Å². The predicted octanol–water partition coefficient (Wildman–Crippen LogP) is 4.65. The van der Waals surface area contributed by atoms with Crippen molar-refractivity contribution in [3.8, 4) is 11.5 Å². The maximum atomic E-state index is 14.2. The molecule has 114 valence electrons. The Labute approximate surface area is 128 Å². The smallest absolute Gasteiger partial charge is 0.161 e. The van der Waals surface area contributed by atoms with E-state index in [4.69, 9.17) is 4.74 Å². The monoisotopic (exact) mass is 299 g/mol. The zero-order chi connectivity index (χ0) is 15.7. The highest BCUT2D eigenvalue weighted by Crippen LogP contribution is 2.30. The number of rotatable bonds is 4. The van der Waals surface area contributed by atoms with Gasteiger partial charge < -0.3 is 14.4 Å². The van der Waals surface area contributed by atoms with Crippen molar-refractivity contribution in [3.63, 3.8) is 0 Å². The van der Waals surface area contributed by atoms with Gasteiger partial charge in [0.15, 0.2) is 11.5 Å². The first kappa shape index (κ1) is 14.4. The number of benzene rings is 2. The van der Waals surface area contributed by atoms with E-state index in [1.54, 1.807) is 30.3 Å². The minimum absolute atomic E-state index is 0.0792. The molecule has 3 nitrogen and oxygen atoms in total. The van der Waals surface area contributed by atoms with Gasteiger partial charge in [-0.05, 0) is 38.1 Å². The summed E-state index contributed by atoms with van der Waals surface area (Å²) < 4.78 is 21.9. The van der Waals surface area contributed by atoms with Gasteiger partial charge in [0, 0.05) is 23.2 Å². The second-order valence-corrected chi connectivity index (χ2v) is 5.55. The quantitative estimate of drug-likeness (QED) is 0.761. The first-order valence-electron chi connectivity index (χ1n) is 7.26. The van der Waals surface area contributed by atoms with Crippen LogP contribution in [0.1, 0.15) is 25.5 Å². The normalized spacial score (nSPS) is 11.3. The SMILES string of the molecule is CC(C)n1cc(COc2ccccc2O)c2c(F)cccc21. The highest BCUT2D eigenvalue weighted by molar-refractivity contribution is 5.84. The van der Waals surface area contributed by atoms with Crippen LogP contribution < -0.4 is 4.74 Å².